The van der Waals surface area contributed by atoms with Crippen molar-refractivity contribution in [3.05, 3.63) is 59.2 Å². The molecule has 0 saturated heterocycles. The Morgan fingerprint density at radius 2 is 1.95 bits per heavy atom. The molecule has 2 aromatic carbocycles. The lowest BCUT2D eigenvalue weighted by atomic mass is 10.0. The molecule has 1 aliphatic rings. The number of anilines is 2. The second-order valence-corrected chi connectivity index (χ2v) is 5.22. The number of rotatable bonds is 2. The Bertz CT molecular complexity index is 632. The van der Waals surface area contributed by atoms with Gasteiger partial charge in [0.2, 0.25) is 0 Å². The van der Waals surface area contributed by atoms with Gasteiger partial charge in [-0.1, -0.05) is 17.7 Å². The van der Waals surface area contributed by atoms with Crippen LogP contribution in [0, 0.1) is 6.92 Å². The molecule has 3 heteroatoms. The fourth-order valence-electron chi connectivity index (χ4n) is 2.46. The number of nitrogens with one attached hydrogen (secondary N) is 2. The summed E-state index contributed by atoms with van der Waals surface area (Å²) in [6.07, 6.45) is 2.21. The normalized spacial score (nSPS) is 13.2. The summed E-state index contributed by atoms with van der Waals surface area (Å²) in [5.41, 5.74) is 5.16. The van der Waals surface area contributed by atoms with Crippen molar-refractivity contribution in [3.63, 3.8) is 0 Å². The molecule has 1 amide bonds. The van der Waals surface area contributed by atoms with Crippen molar-refractivity contribution < 1.29 is 4.79 Å². The Kier molecular flexibility index (Phi) is 3.42. The second-order valence-electron chi connectivity index (χ2n) is 5.22. The highest BCUT2D eigenvalue weighted by Gasteiger charge is 2.10. The minimum atomic E-state index is -0.0614. The summed E-state index contributed by atoms with van der Waals surface area (Å²) in [4.78, 5) is 12.2. The summed E-state index contributed by atoms with van der Waals surface area (Å²) >= 11 is 0. The standard InChI is InChI=1S/C17H18N2O/c1-12-4-6-13(7-5-12)17(20)19-15-8-9-16-14(11-15)3-2-10-18-16/h4-9,11,18H,2-3,10H2,1H3,(H,19,20). The van der Waals surface area contributed by atoms with E-state index in [0.717, 1.165) is 30.6 Å². The maximum Gasteiger partial charge on any atom is 0.255 e. The Morgan fingerprint density at radius 3 is 2.75 bits per heavy atom. The maximum absolute atomic E-state index is 12.2. The van der Waals surface area contributed by atoms with Crippen LogP contribution in [0.2, 0.25) is 0 Å². The lowest BCUT2D eigenvalue weighted by molar-refractivity contribution is 0.102. The van der Waals surface area contributed by atoms with Crippen LogP contribution in [0.1, 0.15) is 27.9 Å². The van der Waals surface area contributed by atoms with E-state index in [2.05, 4.69) is 16.7 Å². The van der Waals surface area contributed by atoms with Crippen molar-refractivity contribution in [2.24, 2.45) is 0 Å². The highest BCUT2D eigenvalue weighted by Crippen LogP contribution is 2.25. The van der Waals surface area contributed by atoms with E-state index >= 15 is 0 Å². The Balaban J connectivity index is 1.77. The largest absolute Gasteiger partial charge is 0.385 e. The van der Waals surface area contributed by atoms with E-state index in [0.29, 0.717) is 5.56 Å². The molecule has 1 aliphatic heterocycles. The topological polar surface area (TPSA) is 41.1 Å². The monoisotopic (exact) mass is 266 g/mol. The van der Waals surface area contributed by atoms with Crippen LogP contribution >= 0.6 is 0 Å². The van der Waals surface area contributed by atoms with Crippen molar-refractivity contribution in [2.75, 3.05) is 17.2 Å². The van der Waals surface area contributed by atoms with Crippen LogP contribution < -0.4 is 10.6 Å². The van der Waals surface area contributed by atoms with Gasteiger partial charge in [0.1, 0.15) is 0 Å². The van der Waals surface area contributed by atoms with Crippen molar-refractivity contribution in [1.29, 1.82) is 0 Å². The minimum absolute atomic E-state index is 0.0614. The molecule has 3 nitrogen and oxygen atoms in total. The van der Waals surface area contributed by atoms with Gasteiger partial charge in [0.05, 0.1) is 0 Å². The molecule has 20 heavy (non-hydrogen) atoms. The van der Waals surface area contributed by atoms with Gasteiger partial charge in [-0.3, -0.25) is 4.79 Å². The van der Waals surface area contributed by atoms with Gasteiger partial charge < -0.3 is 10.6 Å². The van der Waals surface area contributed by atoms with Crippen LogP contribution in [-0.2, 0) is 6.42 Å². The van der Waals surface area contributed by atoms with Crippen LogP contribution in [0.15, 0.2) is 42.5 Å². The first kappa shape index (κ1) is 12.7. The molecule has 0 saturated carbocycles. The highest BCUT2D eigenvalue weighted by molar-refractivity contribution is 6.04. The number of benzene rings is 2. The van der Waals surface area contributed by atoms with Gasteiger partial charge in [-0.15, -0.1) is 0 Å². The summed E-state index contributed by atoms with van der Waals surface area (Å²) in [5.74, 6) is -0.0614. The first-order valence-electron chi connectivity index (χ1n) is 6.97. The zero-order valence-corrected chi connectivity index (χ0v) is 11.6. The molecule has 0 spiro atoms. The maximum atomic E-state index is 12.2. The minimum Gasteiger partial charge on any atom is -0.385 e. The molecule has 0 atom stereocenters. The first-order valence-corrected chi connectivity index (χ1v) is 6.97. The Labute approximate surface area is 119 Å². The zero-order valence-electron chi connectivity index (χ0n) is 11.6. The quantitative estimate of drug-likeness (QED) is 0.872. The second kappa shape index (κ2) is 5.37. The van der Waals surface area contributed by atoms with E-state index in [1.165, 1.54) is 11.3 Å². The van der Waals surface area contributed by atoms with Gasteiger partial charge in [-0.05, 0) is 55.7 Å². The molecule has 0 unspecified atom stereocenters. The zero-order chi connectivity index (χ0) is 13.9. The smallest absolute Gasteiger partial charge is 0.255 e. The molecule has 1 heterocycles. The molecule has 2 aromatic rings. The van der Waals surface area contributed by atoms with Crippen LogP contribution in [0.25, 0.3) is 0 Å². The predicted octanol–water partition coefficient (Wildman–Crippen LogP) is 3.61. The van der Waals surface area contributed by atoms with Crippen LogP contribution in [0.4, 0.5) is 11.4 Å². The average Bonchev–Trinajstić information content (AvgIpc) is 2.48. The summed E-state index contributed by atoms with van der Waals surface area (Å²) in [6.45, 7) is 3.04. The van der Waals surface area contributed by atoms with E-state index in [9.17, 15) is 4.79 Å². The van der Waals surface area contributed by atoms with Crippen molar-refractivity contribution in [3.8, 4) is 0 Å². The number of hydrogen-bond donors (Lipinski definition) is 2. The van der Waals surface area contributed by atoms with E-state index in [1.54, 1.807) is 0 Å². The van der Waals surface area contributed by atoms with Crippen LogP contribution in [-0.4, -0.2) is 12.5 Å². The molecule has 0 bridgehead atoms. The van der Waals surface area contributed by atoms with Gasteiger partial charge >= 0.3 is 0 Å². The summed E-state index contributed by atoms with van der Waals surface area (Å²) in [7, 11) is 0. The SMILES string of the molecule is Cc1ccc(C(=O)Nc2ccc3c(c2)CCCN3)cc1. The van der Waals surface area contributed by atoms with E-state index in [1.807, 2.05) is 43.3 Å². The molecule has 0 fully saturated rings. The molecule has 0 aliphatic carbocycles. The molecular formula is C17H18N2O. The van der Waals surface area contributed by atoms with Gasteiger partial charge in [0, 0.05) is 23.5 Å². The average molecular weight is 266 g/mol. The summed E-state index contributed by atoms with van der Waals surface area (Å²) in [6, 6.07) is 13.7. The Hall–Kier alpha value is -2.29. The van der Waals surface area contributed by atoms with E-state index in [-0.39, 0.29) is 5.91 Å². The molecule has 102 valence electrons. The number of amides is 1. The fourth-order valence-corrected chi connectivity index (χ4v) is 2.46. The number of aryl methyl sites for hydroxylation is 2. The number of carbonyl (C=O) groups is 1. The molecule has 0 radical (unpaired) electrons. The highest BCUT2D eigenvalue weighted by atomic mass is 16.1. The fraction of sp³-hybridized carbons (Fsp3) is 0.235. The number of hydrogen-bond acceptors (Lipinski definition) is 2. The molecule has 0 aromatic heterocycles. The Morgan fingerprint density at radius 1 is 1.15 bits per heavy atom. The third kappa shape index (κ3) is 2.67. The lowest BCUT2D eigenvalue weighted by Gasteiger charge is -2.18. The number of fused-ring (bicyclic) bond motifs is 1. The summed E-state index contributed by atoms with van der Waals surface area (Å²) < 4.78 is 0. The first-order chi connectivity index (χ1) is 9.72. The van der Waals surface area contributed by atoms with Gasteiger partial charge in [-0.25, -0.2) is 0 Å². The van der Waals surface area contributed by atoms with Crippen molar-refractivity contribution in [1.82, 2.24) is 0 Å². The third-order valence-corrected chi connectivity index (χ3v) is 3.62. The van der Waals surface area contributed by atoms with Crippen LogP contribution in [0.3, 0.4) is 0 Å². The van der Waals surface area contributed by atoms with Crippen molar-refractivity contribution in [2.45, 2.75) is 19.8 Å². The van der Waals surface area contributed by atoms with Gasteiger partial charge in [0.15, 0.2) is 0 Å². The van der Waals surface area contributed by atoms with Gasteiger partial charge in [-0.2, -0.15) is 0 Å². The lowest BCUT2D eigenvalue weighted by Crippen LogP contribution is -2.14. The van der Waals surface area contributed by atoms with E-state index in [4.69, 9.17) is 0 Å². The predicted molar refractivity (Wildman–Crippen MR) is 82.4 cm³/mol. The summed E-state index contributed by atoms with van der Waals surface area (Å²) in [5, 5.41) is 6.33. The van der Waals surface area contributed by atoms with E-state index < -0.39 is 0 Å². The van der Waals surface area contributed by atoms with Crippen LogP contribution in [0.5, 0.6) is 0 Å². The number of carbonyl (C=O) groups excluding carboxylic acids is 1. The third-order valence-electron chi connectivity index (χ3n) is 3.62. The molecular weight excluding hydrogens is 248 g/mol. The molecule has 2 N–H and O–H groups in total. The van der Waals surface area contributed by atoms with Gasteiger partial charge in [0.25, 0.3) is 5.91 Å². The molecule has 3 rings (SSSR count). The van der Waals surface area contributed by atoms with Crippen molar-refractivity contribution >= 4 is 17.3 Å².